The number of rotatable bonds is 5. The van der Waals surface area contributed by atoms with Crippen molar-refractivity contribution in [2.75, 3.05) is 13.7 Å². The van der Waals surface area contributed by atoms with Gasteiger partial charge in [0.25, 0.3) is 5.91 Å². The van der Waals surface area contributed by atoms with Crippen molar-refractivity contribution >= 4 is 12.0 Å². The predicted octanol–water partition coefficient (Wildman–Crippen LogP) is 3.92. The molecule has 1 aliphatic heterocycles. The highest BCUT2D eigenvalue weighted by atomic mass is 16.5. The summed E-state index contributed by atoms with van der Waals surface area (Å²) in [6.45, 7) is 6.41. The van der Waals surface area contributed by atoms with Crippen molar-refractivity contribution in [2.45, 2.75) is 32.7 Å². The van der Waals surface area contributed by atoms with Gasteiger partial charge in [-0.15, -0.1) is 0 Å². The SMILES string of the molecule is COc1cccc2c1OCC(C(=O)NC(C)(C)Cc1ccccc1C)=C2. The number of amides is 1. The highest BCUT2D eigenvalue weighted by Gasteiger charge is 2.26. The van der Waals surface area contributed by atoms with Crippen LogP contribution in [-0.4, -0.2) is 25.2 Å². The lowest BCUT2D eigenvalue weighted by Gasteiger charge is -2.28. The van der Waals surface area contributed by atoms with E-state index in [2.05, 4.69) is 24.4 Å². The molecular formula is C22H25NO3. The molecule has 3 rings (SSSR count). The molecule has 0 spiro atoms. The Morgan fingerprint density at radius 3 is 2.69 bits per heavy atom. The van der Waals surface area contributed by atoms with E-state index >= 15 is 0 Å². The molecule has 1 aliphatic rings. The third kappa shape index (κ3) is 3.90. The Morgan fingerprint density at radius 2 is 1.96 bits per heavy atom. The van der Waals surface area contributed by atoms with E-state index in [4.69, 9.17) is 9.47 Å². The number of carbonyl (C=O) groups excluding carboxylic acids is 1. The van der Waals surface area contributed by atoms with Crippen LogP contribution in [0, 0.1) is 6.92 Å². The summed E-state index contributed by atoms with van der Waals surface area (Å²) in [5.74, 6) is 1.26. The minimum absolute atomic E-state index is 0.0999. The Labute approximate surface area is 154 Å². The van der Waals surface area contributed by atoms with Gasteiger partial charge in [0.2, 0.25) is 0 Å². The van der Waals surface area contributed by atoms with Crippen molar-refractivity contribution in [3.05, 3.63) is 64.7 Å². The normalized spacial score (nSPS) is 13.3. The molecule has 0 saturated heterocycles. The van der Waals surface area contributed by atoms with Gasteiger partial charge in [0.1, 0.15) is 6.61 Å². The van der Waals surface area contributed by atoms with Crippen LogP contribution in [0.25, 0.3) is 6.08 Å². The molecule has 1 amide bonds. The van der Waals surface area contributed by atoms with Crippen molar-refractivity contribution in [1.29, 1.82) is 0 Å². The van der Waals surface area contributed by atoms with E-state index in [1.807, 2.05) is 50.3 Å². The fourth-order valence-corrected chi connectivity index (χ4v) is 3.19. The molecule has 0 aromatic heterocycles. The number of para-hydroxylation sites is 1. The average molecular weight is 351 g/mol. The standard InChI is InChI=1S/C22H25NO3/c1-15-8-5-6-9-17(15)13-22(2,3)23-21(24)18-12-16-10-7-11-19(25-4)20(16)26-14-18/h5-12H,13-14H2,1-4H3,(H,23,24). The van der Waals surface area contributed by atoms with Gasteiger partial charge >= 0.3 is 0 Å². The Bertz CT molecular complexity index is 852. The van der Waals surface area contributed by atoms with E-state index in [0.717, 1.165) is 12.0 Å². The van der Waals surface area contributed by atoms with Gasteiger partial charge in [0.05, 0.1) is 12.7 Å². The van der Waals surface area contributed by atoms with Gasteiger partial charge in [-0.2, -0.15) is 0 Å². The third-order valence-electron chi connectivity index (χ3n) is 4.57. The summed E-state index contributed by atoms with van der Waals surface area (Å²) in [6, 6.07) is 13.9. The predicted molar refractivity (Wildman–Crippen MR) is 104 cm³/mol. The Balaban J connectivity index is 1.75. The molecule has 0 bridgehead atoms. The fourth-order valence-electron chi connectivity index (χ4n) is 3.19. The molecule has 2 aromatic rings. The summed E-state index contributed by atoms with van der Waals surface area (Å²) < 4.78 is 11.1. The largest absolute Gasteiger partial charge is 0.493 e. The zero-order valence-electron chi connectivity index (χ0n) is 15.8. The van der Waals surface area contributed by atoms with Crippen LogP contribution < -0.4 is 14.8 Å². The number of aryl methyl sites for hydroxylation is 1. The molecule has 136 valence electrons. The highest BCUT2D eigenvalue weighted by Crippen LogP contribution is 2.35. The Hall–Kier alpha value is -2.75. The lowest BCUT2D eigenvalue weighted by molar-refractivity contribution is -0.119. The molecule has 0 atom stereocenters. The lowest BCUT2D eigenvalue weighted by atomic mass is 9.92. The molecule has 0 aliphatic carbocycles. The monoisotopic (exact) mass is 351 g/mol. The van der Waals surface area contributed by atoms with Crippen molar-refractivity contribution < 1.29 is 14.3 Å². The topological polar surface area (TPSA) is 47.6 Å². The number of benzene rings is 2. The molecule has 2 aromatic carbocycles. The van der Waals surface area contributed by atoms with Gasteiger partial charge < -0.3 is 14.8 Å². The van der Waals surface area contributed by atoms with Crippen molar-refractivity contribution in [1.82, 2.24) is 5.32 Å². The minimum Gasteiger partial charge on any atom is -0.493 e. The molecule has 0 unspecified atom stereocenters. The second-order valence-corrected chi connectivity index (χ2v) is 7.28. The van der Waals surface area contributed by atoms with E-state index in [-0.39, 0.29) is 18.1 Å². The number of nitrogens with one attached hydrogen (secondary N) is 1. The van der Waals surface area contributed by atoms with Gasteiger partial charge in [-0.05, 0) is 50.5 Å². The van der Waals surface area contributed by atoms with Crippen LogP contribution in [0.2, 0.25) is 0 Å². The summed E-state index contributed by atoms with van der Waals surface area (Å²) in [5, 5.41) is 3.14. The number of methoxy groups -OCH3 is 1. The first-order valence-corrected chi connectivity index (χ1v) is 8.77. The average Bonchev–Trinajstić information content (AvgIpc) is 2.62. The van der Waals surface area contributed by atoms with E-state index < -0.39 is 0 Å². The van der Waals surface area contributed by atoms with Gasteiger partial charge in [0, 0.05) is 11.1 Å². The van der Waals surface area contributed by atoms with Gasteiger partial charge in [-0.3, -0.25) is 4.79 Å². The van der Waals surface area contributed by atoms with Gasteiger partial charge in [-0.1, -0.05) is 36.4 Å². The highest BCUT2D eigenvalue weighted by molar-refractivity contribution is 5.99. The Kier molecular flexibility index (Phi) is 5.03. The molecule has 1 N–H and O–H groups in total. The van der Waals surface area contributed by atoms with Crippen LogP contribution in [-0.2, 0) is 11.2 Å². The smallest absolute Gasteiger partial charge is 0.251 e. The minimum atomic E-state index is -0.362. The van der Waals surface area contributed by atoms with E-state index in [9.17, 15) is 4.79 Å². The van der Waals surface area contributed by atoms with Crippen molar-refractivity contribution in [3.63, 3.8) is 0 Å². The van der Waals surface area contributed by atoms with Crippen LogP contribution in [0.3, 0.4) is 0 Å². The maximum Gasteiger partial charge on any atom is 0.251 e. The molecule has 0 saturated carbocycles. The summed E-state index contributed by atoms with van der Waals surface area (Å²) in [7, 11) is 1.61. The summed E-state index contributed by atoms with van der Waals surface area (Å²) in [6.07, 6.45) is 2.64. The molecule has 0 fully saturated rings. The number of hydrogen-bond acceptors (Lipinski definition) is 3. The zero-order valence-corrected chi connectivity index (χ0v) is 15.8. The molecule has 4 nitrogen and oxygen atoms in total. The van der Waals surface area contributed by atoms with E-state index in [0.29, 0.717) is 17.1 Å². The lowest BCUT2D eigenvalue weighted by Crippen LogP contribution is -2.46. The molecular weight excluding hydrogens is 326 g/mol. The first-order valence-electron chi connectivity index (χ1n) is 8.77. The fraction of sp³-hybridized carbons (Fsp3) is 0.318. The third-order valence-corrected chi connectivity index (χ3v) is 4.57. The summed E-state index contributed by atoms with van der Waals surface area (Å²) >= 11 is 0. The molecule has 1 heterocycles. The van der Waals surface area contributed by atoms with Gasteiger partial charge in [0.15, 0.2) is 11.5 Å². The number of carbonyl (C=O) groups is 1. The number of ether oxygens (including phenoxy) is 2. The van der Waals surface area contributed by atoms with Crippen LogP contribution in [0.1, 0.15) is 30.5 Å². The van der Waals surface area contributed by atoms with Crippen LogP contribution >= 0.6 is 0 Å². The maximum atomic E-state index is 12.8. The second kappa shape index (κ2) is 7.24. The molecule has 26 heavy (non-hydrogen) atoms. The van der Waals surface area contributed by atoms with E-state index in [1.54, 1.807) is 7.11 Å². The first-order chi connectivity index (χ1) is 12.4. The number of fused-ring (bicyclic) bond motifs is 1. The number of hydrogen-bond donors (Lipinski definition) is 1. The quantitative estimate of drug-likeness (QED) is 0.888. The molecule has 0 radical (unpaired) electrons. The van der Waals surface area contributed by atoms with Crippen molar-refractivity contribution in [3.8, 4) is 11.5 Å². The van der Waals surface area contributed by atoms with Gasteiger partial charge in [-0.25, -0.2) is 0 Å². The molecule has 4 heteroatoms. The summed E-state index contributed by atoms with van der Waals surface area (Å²) in [5.41, 5.74) is 3.58. The first kappa shape index (κ1) is 18.1. The Morgan fingerprint density at radius 1 is 1.19 bits per heavy atom. The maximum absolute atomic E-state index is 12.8. The van der Waals surface area contributed by atoms with Crippen LogP contribution in [0.5, 0.6) is 11.5 Å². The zero-order chi connectivity index (χ0) is 18.7. The van der Waals surface area contributed by atoms with Crippen molar-refractivity contribution in [2.24, 2.45) is 0 Å². The second-order valence-electron chi connectivity index (χ2n) is 7.28. The van der Waals surface area contributed by atoms with Crippen LogP contribution in [0.4, 0.5) is 0 Å². The van der Waals surface area contributed by atoms with E-state index in [1.165, 1.54) is 11.1 Å². The summed E-state index contributed by atoms with van der Waals surface area (Å²) in [4.78, 5) is 12.8. The van der Waals surface area contributed by atoms with Crippen LogP contribution in [0.15, 0.2) is 48.0 Å².